The van der Waals surface area contributed by atoms with E-state index in [-0.39, 0.29) is 5.69 Å². The molecule has 0 saturated heterocycles. The number of nitrogens with zero attached hydrogens (tertiary/aromatic N) is 1. The summed E-state index contributed by atoms with van der Waals surface area (Å²) in [5.41, 5.74) is 7.57. The SMILES string of the molecule is NCCc1ccc(OCc2ccc([N+](=O)[O-])cc2Br)cc1. The molecule has 21 heavy (non-hydrogen) atoms. The van der Waals surface area contributed by atoms with E-state index in [0.29, 0.717) is 17.6 Å². The fraction of sp³-hybridized carbons (Fsp3) is 0.200. The molecule has 110 valence electrons. The number of hydrogen-bond acceptors (Lipinski definition) is 4. The first kappa shape index (κ1) is 15.5. The molecule has 0 amide bonds. The van der Waals surface area contributed by atoms with Gasteiger partial charge in [-0.25, -0.2) is 0 Å². The molecule has 0 fully saturated rings. The van der Waals surface area contributed by atoms with E-state index < -0.39 is 4.92 Å². The molecule has 0 aliphatic rings. The molecule has 0 radical (unpaired) electrons. The van der Waals surface area contributed by atoms with Crippen LogP contribution in [-0.2, 0) is 13.0 Å². The molecule has 0 unspecified atom stereocenters. The number of halogens is 1. The third-order valence-electron chi connectivity index (χ3n) is 3.00. The Morgan fingerprint density at radius 1 is 1.19 bits per heavy atom. The molecule has 0 aliphatic carbocycles. The Balaban J connectivity index is 2.01. The van der Waals surface area contributed by atoms with Gasteiger partial charge in [0.25, 0.3) is 5.69 Å². The van der Waals surface area contributed by atoms with Crippen molar-refractivity contribution < 1.29 is 9.66 Å². The number of benzene rings is 2. The van der Waals surface area contributed by atoms with Crippen molar-refractivity contribution in [3.05, 3.63) is 68.2 Å². The van der Waals surface area contributed by atoms with E-state index >= 15 is 0 Å². The number of nitro groups is 1. The maximum absolute atomic E-state index is 10.7. The lowest BCUT2D eigenvalue weighted by Crippen LogP contribution is -2.02. The van der Waals surface area contributed by atoms with E-state index in [0.717, 1.165) is 17.7 Å². The summed E-state index contributed by atoms with van der Waals surface area (Å²) in [6.07, 6.45) is 0.841. The Morgan fingerprint density at radius 2 is 1.90 bits per heavy atom. The molecule has 2 rings (SSSR count). The summed E-state index contributed by atoms with van der Waals surface area (Å²) in [5.74, 6) is 0.751. The first-order chi connectivity index (χ1) is 10.1. The summed E-state index contributed by atoms with van der Waals surface area (Å²) in [6.45, 7) is 0.963. The molecule has 2 aromatic carbocycles. The Morgan fingerprint density at radius 3 is 2.48 bits per heavy atom. The molecule has 0 heterocycles. The van der Waals surface area contributed by atoms with Crippen LogP contribution in [0, 0.1) is 10.1 Å². The molecular formula is C15H15BrN2O3. The normalized spacial score (nSPS) is 10.4. The van der Waals surface area contributed by atoms with Crippen molar-refractivity contribution in [2.75, 3.05) is 6.54 Å². The van der Waals surface area contributed by atoms with Crippen molar-refractivity contribution in [1.82, 2.24) is 0 Å². The first-order valence-corrected chi connectivity index (χ1v) is 7.24. The highest BCUT2D eigenvalue weighted by Crippen LogP contribution is 2.24. The number of hydrogen-bond donors (Lipinski definition) is 1. The molecule has 6 heteroatoms. The minimum Gasteiger partial charge on any atom is -0.489 e. The lowest BCUT2D eigenvalue weighted by Gasteiger charge is -2.08. The zero-order valence-corrected chi connectivity index (χ0v) is 12.9. The van der Waals surface area contributed by atoms with Crippen molar-refractivity contribution in [1.29, 1.82) is 0 Å². The van der Waals surface area contributed by atoms with Gasteiger partial charge in [0.2, 0.25) is 0 Å². The predicted octanol–water partition coefficient (Wildman–Crippen LogP) is 3.44. The fourth-order valence-corrected chi connectivity index (χ4v) is 2.33. The predicted molar refractivity (Wildman–Crippen MR) is 84.3 cm³/mol. The van der Waals surface area contributed by atoms with Crippen molar-refractivity contribution in [2.45, 2.75) is 13.0 Å². The molecule has 0 aliphatic heterocycles. The largest absolute Gasteiger partial charge is 0.489 e. The van der Waals surface area contributed by atoms with Crippen LogP contribution in [0.1, 0.15) is 11.1 Å². The van der Waals surface area contributed by atoms with Gasteiger partial charge >= 0.3 is 0 Å². The monoisotopic (exact) mass is 350 g/mol. The number of rotatable bonds is 6. The molecule has 0 atom stereocenters. The van der Waals surface area contributed by atoms with E-state index in [1.807, 2.05) is 24.3 Å². The van der Waals surface area contributed by atoms with Gasteiger partial charge in [0.15, 0.2) is 0 Å². The zero-order valence-electron chi connectivity index (χ0n) is 11.3. The molecule has 0 saturated carbocycles. The van der Waals surface area contributed by atoms with Gasteiger partial charge in [0.05, 0.1) is 4.92 Å². The second kappa shape index (κ2) is 7.19. The Hall–Kier alpha value is -1.92. The summed E-state index contributed by atoms with van der Waals surface area (Å²) >= 11 is 3.32. The zero-order chi connectivity index (χ0) is 15.2. The molecule has 2 aromatic rings. The van der Waals surface area contributed by atoms with E-state index in [4.69, 9.17) is 10.5 Å². The van der Waals surface area contributed by atoms with E-state index in [2.05, 4.69) is 15.9 Å². The fourth-order valence-electron chi connectivity index (χ4n) is 1.85. The van der Waals surface area contributed by atoms with Gasteiger partial charge in [0, 0.05) is 22.2 Å². The lowest BCUT2D eigenvalue weighted by atomic mass is 10.1. The van der Waals surface area contributed by atoms with Crippen molar-refractivity contribution in [3.63, 3.8) is 0 Å². The average Bonchev–Trinajstić information content (AvgIpc) is 2.47. The van der Waals surface area contributed by atoms with Gasteiger partial charge < -0.3 is 10.5 Å². The van der Waals surface area contributed by atoms with Crippen LogP contribution in [0.15, 0.2) is 46.9 Å². The van der Waals surface area contributed by atoms with Crippen LogP contribution in [0.3, 0.4) is 0 Å². The summed E-state index contributed by atoms with van der Waals surface area (Å²) in [7, 11) is 0. The lowest BCUT2D eigenvalue weighted by molar-refractivity contribution is -0.384. The van der Waals surface area contributed by atoms with Crippen LogP contribution in [0.25, 0.3) is 0 Å². The van der Waals surface area contributed by atoms with Crippen molar-refractivity contribution >= 4 is 21.6 Å². The molecule has 0 spiro atoms. The quantitative estimate of drug-likeness (QED) is 0.639. The highest BCUT2D eigenvalue weighted by atomic mass is 79.9. The average molecular weight is 351 g/mol. The van der Waals surface area contributed by atoms with Crippen LogP contribution < -0.4 is 10.5 Å². The van der Waals surface area contributed by atoms with Crippen LogP contribution in [0.2, 0.25) is 0 Å². The third kappa shape index (κ3) is 4.27. The molecule has 0 bridgehead atoms. The van der Waals surface area contributed by atoms with Crippen LogP contribution >= 0.6 is 15.9 Å². The Bertz CT molecular complexity index is 629. The van der Waals surface area contributed by atoms with Crippen LogP contribution in [-0.4, -0.2) is 11.5 Å². The van der Waals surface area contributed by atoms with Gasteiger partial charge in [0.1, 0.15) is 12.4 Å². The minimum atomic E-state index is -0.425. The van der Waals surface area contributed by atoms with Crippen LogP contribution in [0.4, 0.5) is 5.69 Å². The molecule has 2 N–H and O–H groups in total. The number of nitrogens with two attached hydrogens (primary N) is 1. The number of non-ortho nitro benzene ring substituents is 1. The Labute approximate surface area is 131 Å². The summed E-state index contributed by atoms with van der Waals surface area (Å²) in [5, 5.41) is 10.7. The van der Waals surface area contributed by atoms with Gasteiger partial charge in [-0.15, -0.1) is 0 Å². The summed E-state index contributed by atoms with van der Waals surface area (Å²) in [4.78, 5) is 10.2. The van der Waals surface area contributed by atoms with E-state index in [1.165, 1.54) is 17.7 Å². The Kier molecular flexibility index (Phi) is 5.30. The maximum Gasteiger partial charge on any atom is 0.270 e. The summed E-state index contributed by atoms with van der Waals surface area (Å²) in [6, 6.07) is 12.4. The van der Waals surface area contributed by atoms with Crippen molar-refractivity contribution in [2.24, 2.45) is 5.73 Å². The van der Waals surface area contributed by atoms with Gasteiger partial charge in [-0.3, -0.25) is 10.1 Å². The second-order valence-electron chi connectivity index (χ2n) is 4.50. The highest BCUT2D eigenvalue weighted by Gasteiger charge is 2.09. The highest BCUT2D eigenvalue weighted by molar-refractivity contribution is 9.10. The van der Waals surface area contributed by atoms with Gasteiger partial charge in [-0.1, -0.05) is 28.1 Å². The van der Waals surface area contributed by atoms with Gasteiger partial charge in [-0.05, 0) is 36.7 Å². The third-order valence-corrected chi connectivity index (χ3v) is 3.74. The maximum atomic E-state index is 10.7. The standard InChI is InChI=1S/C15H15BrN2O3/c16-15-9-13(18(19)20)4-3-12(15)10-21-14-5-1-11(2-6-14)7-8-17/h1-6,9H,7-8,10,17H2. The van der Waals surface area contributed by atoms with E-state index in [1.54, 1.807) is 6.07 Å². The minimum absolute atomic E-state index is 0.0526. The molecular weight excluding hydrogens is 336 g/mol. The number of nitro benzene ring substituents is 1. The molecule has 5 nitrogen and oxygen atoms in total. The second-order valence-corrected chi connectivity index (χ2v) is 5.36. The molecule has 0 aromatic heterocycles. The van der Waals surface area contributed by atoms with Gasteiger partial charge in [-0.2, -0.15) is 0 Å². The number of ether oxygens (including phenoxy) is 1. The first-order valence-electron chi connectivity index (χ1n) is 6.45. The smallest absolute Gasteiger partial charge is 0.270 e. The summed E-state index contributed by atoms with van der Waals surface area (Å²) < 4.78 is 6.34. The topological polar surface area (TPSA) is 78.4 Å². The van der Waals surface area contributed by atoms with Crippen LogP contribution in [0.5, 0.6) is 5.75 Å². The van der Waals surface area contributed by atoms with E-state index in [9.17, 15) is 10.1 Å². The van der Waals surface area contributed by atoms with Crippen molar-refractivity contribution in [3.8, 4) is 5.75 Å².